The van der Waals surface area contributed by atoms with Crippen molar-refractivity contribution in [3.05, 3.63) is 11.5 Å². The van der Waals surface area contributed by atoms with Gasteiger partial charge in [0.15, 0.2) is 5.78 Å². The highest BCUT2D eigenvalue weighted by atomic mass is 16.8. The van der Waals surface area contributed by atoms with Gasteiger partial charge in [-0.05, 0) is 6.92 Å². The normalized spacial score (nSPS) is 30.3. The smallest absolute Gasteiger partial charge is 0.338 e. The SMILES string of the molecule is CC(=O)C1=C(C)OC2(CCC(=O)N2)O1. The Morgan fingerprint density at radius 1 is 1.50 bits per heavy atom. The minimum absolute atomic E-state index is 0.123. The summed E-state index contributed by atoms with van der Waals surface area (Å²) in [5, 5.41) is 2.57. The molecule has 2 heterocycles. The third-order valence-electron chi connectivity index (χ3n) is 2.24. The molecule has 1 saturated heterocycles. The summed E-state index contributed by atoms with van der Waals surface area (Å²) >= 11 is 0. The predicted octanol–water partition coefficient (Wildman–Crippen LogP) is 0.418. The molecule has 2 aliphatic heterocycles. The van der Waals surface area contributed by atoms with Gasteiger partial charge in [0.2, 0.25) is 11.7 Å². The second-order valence-corrected chi connectivity index (χ2v) is 3.45. The molecule has 2 aliphatic rings. The molecule has 0 radical (unpaired) electrons. The topological polar surface area (TPSA) is 64.6 Å². The fraction of sp³-hybridized carbons (Fsp3) is 0.556. The Morgan fingerprint density at radius 2 is 2.21 bits per heavy atom. The van der Waals surface area contributed by atoms with Gasteiger partial charge in [-0.2, -0.15) is 0 Å². The van der Waals surface area contributed by atoms with E-state index >= 15 is 0 Å². The highest BCUT2D eigenvalue weighted by Gasteiger charge is 2.48. The molecule has 0 aromatic heterocycles. The number of ether oxygens (including phenoxy) is 2. The van der Waals surface area contributed by atoms with Crippen molar-refractivity contribution >= 4 is 11.7 Å². The molecule has 1 unspecified atom stereocenters. The molecule has 1 atom stereocenters. The quantitative estimate of drug-likeness (QED) is 0.661. The van der Waals surface area contributed by atoms with Gasteiger partial charge < -0.3 is 9.47 Å². The molecule has 1 fully saturated rings. The summed E-state index contributed by atoms with van der Waals surface area (Å²) in [6.07, 6.45) is 0.790. The van der Waals surface area contributed by atoms with Crippen LogP contribution in [0.2, 0.25) is 0 Å². The van der Waals surface area contributed by atoms with E-state index in [1.54, 1.807) is 6.92 Å². The van der Waals surface area contributed by atoms with Gasteiger partial charge in [-0.15, -0.1) is 0 Å². The zero-order valence-corrected chi connectivity index (χ0v) is 8.05. The van der Waals surface area contributed by atoms with E-state index < -0.39 is 5.91 Å². The Kier molecular flexibility index (Phi) is 1.77. The number of ketones is 1. The van der Waals surface area contributed by atoms with Gasteiger partial charge in [0, 0.05) is 13.3 Å². The summed E-state index contributed by atoms with van der Waals surface area (Å²) < 4.78 is 10.7. The highest BCUT2D eigenvalue weighted by Crippen LogP contribution is 2.35. The number of Topliss-reactive ketones (excluding diaryl/α,β-unsaturated/α-hetero) is 1. The van der Waals surface area contributed by atoms with E-state index in [4.69, 9.17) is 9.47 Å². The molecule has 76 valence electrons. The van der Waals surface area contributed by atoms with Crippen LogP contribution in [-0.4, -0.2) is 17.6 Å². The van der Waals surface area contributed by atoms with Crippen LogP contribution in [0, 0.1) is 0 Å². The lowest BCUT2D eigenvalue weighted by Gasteiger charge is -2.22. The fourth-order valence-electron chi connectivity index (χ4n) is 1.64. The van der Waals surface area contributed by atoms with Crippen LogP contribution in [0.25, 0.3) is 0 Å². The first-order valence-corrected chi connectivity index (χ1v) is 4.43. The molecule has 5 heteroatoms. The number of rotatable bonds is 1. The second kappa shape index (κ2) is 2.73. The third-order valence-corrected chi connectivity index (χ3v) is 2.24. The van der Waals surface area contributed by atoms with Gasteiger partial charge in [0.05, 0.1) is 6.42 Å². The molecule has 0 aromatic rings. The minimum atomic E-state index is -1.11. The van der Waals surface area contributed by atoms with Crippen molar-refractivity contribution in [1.29, 1.82) is 0 Å². The number of hydrogen-bond acceptors (Lipinski definition) is 4. The first kappa shape index (κ1) is 9.05. The average Bonchev–Trinajstić information content (AvgIpc) is 2.57. The minimum Gasteiger partial charge on any atom is -0.436 e. The van der Waals surface area contributed by atoms with Crippen LogP contribution in [0.5, 0.6) is 0 Å². The number of nitrogens with one attached hydrogen (secondary N) is 1. The van der Waals surface area contributed by atoms with Crippen molar-refractivity contribution < 1.29 is 19.1 Å². The molecule has 1 amide bonds. The van der Waals surface area contributed by atoms with E-state index in [0.29, 0.717) is 18.6 Å². The van der Waals surface area contributed by atoms with Crippen molar-refractivity contribution in [2.75, 3.05) is 0 Å². The first-order chi connectivity index (χ1) is 6.52. The Labute approximate surface area is 81.1 Å². The Bertz CT molecular complexity index is 347. The number of allylic oxidation sites excluding steroid dienone is 2. The lowest BCUT2D eigenvalue weighted by molar-refractivity contribution is -0.171. The van der Waals surface area contributed by atoms with Gasteiger partial charge in [0.25, 0.3) is 0 Å². The first-order valence-electron chi connectivity index (χ1n) is 4.43. The predicted molar refractivity (Wildman–Crippen MR) is 45.7 cm³/mol. The molecule has 2 rings (SSSR count). The summed E-state index contributed by atoms with van der Waals surface area (Å²) in [5.41, 5.74) is 0. The number of carbonyl (C=O) groups is 2. The summed E-state index contributed by atoms with van der Waals surface area (Å²) in [6.45, 7) is 3.05. The molecule has 0 saturated carbocycles. The molecule has 1 spiro atoms. The van der Waals surface area contributed by atoms with Crippen LogP contribution in [0.3, 0.4) is 0 Å². The number of carbonyl (C=O) groups excluding carboxylic acids is 2. The van der Waals surface area contributed by atoms with E-state index in [2.05, 4.69) is 5.32 Å². The molecule has 5 nitrogen and oxygen atoms in total. The summed E-state index contributed by atoms with van der Waals surface area (Å²) in [5.74, 6) is -0.794. The molecular weight excluding hydrogens is 186 g/mol. The van der Waals surface area contributed by atoms with Crippen LogP contribution >= 0.6 is 0 Å². The number of amides is 1. The van der Waals surface area contributed by atoms with Crippen molar-refractivity contribution in [3.8, 4) is 0 Å². The molecule has 0 bridgehead atoms. The molecule has 0 aromatic carbocycles. The maximum atomic E-state index is 11.1. The van der Waals surface area contributed by atoms with Crippen LogP contribution < -0.4 is 5.32 Å². The van der Waals surface area contributed by atoms with E-state index in [9.17, 15) is 9.59 Å². The maximum Gasteiger partial charge on any atom is 0.338 e. The Balaban J connectivity index is 2.18. The number of hydrogen-bond donors (Lipinski definition) is 1. The van der Waals surface area contributed by atoms with Gasteiger partial charge >= 0.3 is 5.91 Å². The highest BCUT2D eigenvalue weighted by molar-refractivity contribution is 5.92. The lowest BCUT2D eigenvalue weighted by Crippen LogP contribution is -2.43. The standard InChI is InChI=1S/C9H11NO4/c1-5(11)8-6(2)13-9(14-8)4-3-7(12)10-9/h3-4H2,1-2H3,(H,10,12). The van der Waals surface area contributed by atoms with Gasteiger partial charge in [-0.3, -0.25) is 14.9 Å². The van der Waals surface area contributed by atoms with Crippen molar-refractivity contribution in [2.45, 2.75) is 32.6 Å². The third kappa shape index (κ3) is 1.25. The van der Waals surface area contributed by atoms with E-state index in [-0.39, 0.29) is 17.4 Å². The largest absolute Gasteiger partial charge is 0.436 e. The zero-order valence-electron chi connectivity index (χ0n) is 8.05. The summed E-state index contributed by atoms with van der Waals surface area (Å²) in [6, 6.07) is 0. The lowest BCUT2D eigenvalue weighted by atomic mass is 10.3. The van der Waals surface area contributed by atoms with Crippen molar-refractivity contribution in [1.82, 2.24) is 5.32 Å². The van der Waals surface area contributed by atoms with Crippen LogP contribution in [-0.2, 0) is 19.1 Å². The van der Waals surface area contributed by atoms with Crippen molar-refractivity contribution in [2.24, 2.45) is 0 Å². The average molecular weight is 197 g/mol. The molecule has 0 aliphatic carbocycles. The maximum absolute atomic E-state index is 11.1. The zero-order chi connectivity index (χ0) is 10.3. The summed E-state index contributed by atoms with van der Waals surface area (Å²) in [4.78, 5) is 22.1. The Morgan fingerprint density at radius 3 is 2.64 bits per heavy atom. The molecule has 14 heavy (non-hydrogen) atoms. The van der Waals surface area contributed by atoms with E-state index in [1.165, 1.54) is 6.92 Å². The van der Waals surface area contributed by atoms with E-state index in [0.717, 1.165) is 0 Å². The van der Waals surface area contributed by atoms with Gasteiger partial charge in [0.1, 0.15) is 5.76 Å². The molecule has 1 N–H and O–H groups in total. The van der Waals surface area contributed by atoms with Crippen molar-refractivity contribution in [3.63, 3.8) is 0 Å². The van der Waals surface area contributed by atoms with Gasteiger partial charge in [-0.1, -0.05) is 0 Å². The van der Waals surface area contributed by atoms with Crippen LogP contribution in [0.4, 0.5) is 0 Å². The van der Waals surface area contributed by atoms with Crippen LogP contribution in [0.15, 0.2) is 11.5 Å². The molecular formula is C9H11NO4. The fourth-order valence-corrected chi connectivity index (χ4v) is 1.64. The summed E-state index contributed by atoms with van der Waals surface area (Å²) in [7, 11) is 0. The second-order valence-electron chi connectivity index (χ2n) is 3.45. The Hall–Kier alpha value is -1.52. The van der Waals surface area contributed by atoms with E-state index in [1.807, 2.05) is 0 Å². The van der Waals surface area contributed by atoms with Gasteiger partial charge in [-0.25, -0.2) is 0 Å². The monoisotopic (exact) mass is 197 g/mol. The van der Waals surface area contributed by atoms with Crippen LogP contribution in [0.1, 0.15) is 26.7 Å².